The SMILES string of the molecule is CC(C)Oc1cccc(/C=C/C(=O)N2CCCC(C(=O)O)C2)c1. The molecule has 23 heavy (non-hydrogen) atoms. The number of aliphatic carboxylic acids is 1. The first-order valence-corrected chi connectivity index (χ1v) is 7.92. The molecule has 1 aliphatic heterocycles. The lowest BCUT2D eigenvalue weighted by atomic mass is 9.98. The second-order valence-electron chi connectivity index (χ2n) is 6.03. The number of hydrogen-bond acceptors (Lipinski definition) is 3. The molecule has 0 bridgehead atoms. The van der Waals surface area contributed by atoms with Crippen molar-refractivity contribution >= 4 is 18.0 Å². The highest BCUT2D eigenvalue weighted by molar-refractivity contribution is 5.92. The molecule has 5 nitrogen and oxygen atoms in total. The number of benzene rings is 1. The van der Waals surface area contributed by atoms with Crippen molar-refractivity contribution in [3.63, 3.8) is 0 Å². The Hall–Kier alpha value is -2.30. The highest BCUT2D eigenvalue weighted by Gasteiger charge is 2.27. The number of likely N-dealkylation sites (tertiary alicyclic amines) is 1. The second-order valence-corrected chi connectivity index (χ2v) is 6.03. The van der Waals surface area contributed by atoms with Crippen LogP contribution in [0.3, 0.4) is 0 Å². The van der Waals surface area contributed by atoms with Crippen LogP contribution >= 0.6 is 0 Å². The molecule has 1 aliphatic rings. The topological polar surface area (TPSA) is 66.8 Å². The molecule has 1 fully saturated rings. The minimum atomic E-state index is -0.829. The summed E-state index contributed by atoms with van der Waals surface area (Å²) in [5, 5.41) is 9.08. The maximum Gasteiger partial charge on any atom is 0.308 e. The number of rotatable bonds is 5. The highest BCUT2D eigenvalue weighted by atomic mass is 16.5. The van der Waals surface area contributed by atoms with Crippen molar-refractivity contribution in [2.75, 3.05) is 13.1 Å². The molecule has 1 amide bonds. The first kappa shape index (κ1) is 17.1. The molecule has 1 aromatic rings. The third-order valence-corrected chi connectivity index (χ3v) is 3.73. The van der Waals surface area contributed by atoms with E-state index in [2.05, 4.69) is 0 Å². The van der Waals surface area contributed by atoms with Crippen molar-refractivity contribution in [1.82, 2.24) is 4.90 Å². The lowest BCUT2D eigenvalue weighted by molar-refractivity contribution is -0.144. The van der Waals surface area contributed by atoms with Gasteiger partial charge >= 0.3 is 5.97 Å². The summed E-state index contributed by atoms with van der Waals surface area (Å²) in [5.74, 6) is -0.668. The fourth-order valence-corrected chi connectivity index (χ4v) is 2.62. The first-order valence-electron chi connectivity index (χ1n) is 7.92. The Morgan fingerprint density at radius 3 is 2.87 bits per heavy atom. The normalized spacial score (nSPS) is 18.4. The maximum absolute atomic E-state index is 12.2. The number of nitrogens with zero attached hydrogens (tertiary/aromatic N) is 1. The van der Waals surface area contributed by atoms with Gasteiger partial charge in [-0.05, 0) is 50.5 Å². The molecule has 1 unspecified atom stereocenters. The lowest BCUT2D eigenvalue weighted by Crippen LogP contribution is -2.41. The Morgan fingerprint density at radius 1 is 1.39 bits per heavy atom. The van der Waals surface area contributed by atoms with Gasteiger partial charge < -0.3 is 14.7 Å². The zero-order valence-corrected chi connectivity index (χ0v) is 13.6. The quantitative estimate of drug-likeness (QED) is 0.848. The Bertz CT molecular complexity index is 594. The Balaban J connectivity index is 1.99. The predicted molar refractivity (Wildman–Crippen MR) is 88.2 cm³/mol. The van der Waals surface area contributed by atoms with Crippen LogP contribution in [0.5, 0.6) is 5.75 Å². The molecule has 0 radical (unpaired) electrons. The van der Waals surface area contributed by atoms with Gasteiger partial charge in [0.05, 0.1) is 12.0 Å². The average Bonchev–Trinajstić information content (AvgIpc) is 2.52. The zero-order valence-electron chi connectivity index (χ0n) is 13.6. The summed E-state index contributed by atoms with van der Waals surface area (Å²) in [6, 6.07) is 7.53. The van der Waals surface area contributed by atoms with Crippen molar-refractivity contribution in [1.29, 1.82) is 0 Å². The van der Waals surface area contributed by atoms with E-state index in [0.29, 0.717) is 13.0 Å². The number of carboxylic acids is 1. The molecule has 1 saturated heterocycles. The van der Waals surface area contributed by atoms with E-state index in [0.717, 1.165) is 17.7 Å². The molecule has 1 atom stereocenters. The van der Waals surface area contributed by atoms with Gasteiger partial charge in [-0.2, -0.15) is 0 Å². The van der Waals surface area contributed by atoms with Gasteiger partial charge in [0.25, 0.3) is 0 Å². The summed E-state index contributed by atoms with van der Waals surface area (Å²) in [6.07, 6.45) is 4.70. The summed E-state index contributed by atoms with van der Waals surface area (Å²) in [7, 11) is 0. The van der Waals surface area contributed by atoms with Gasteiger partial charge in [-0.15, -0.1) is 0 Å². The lowest BCUT2D eigenvalue weighted by Gasteiger charge is -2.29. The molecule has 2 rings (SSSR count). The van der Waals surface area contributed by atoms with E-state index in [-0.39, 0.29) is 18.6 Å². The van der Waals surface area contributed by atoms with Crippen LogP contribution < -0.4 is 4.74 Å². The number of carboxylic acid groups (broad SMARTS) is 1. The zero-order chi connectivity index (χ0) is 16.8. The van der Waals surface area contributed by atoms with Gasteiger partial charge in [-0.1, -0.05) is 12.1 Å². The number of hydrogen-bond donors (Lipinski definition) is 1. The summed E-state index contributed by atoms with van der Waals surface area (Å²) >= 11 is 0. The van der Waals surface area contributed by atoms with Crippen LogP contribution in [0.15, 0.2) is 30.3 Å². The molecular weight excluding hydrogens is 294 g/mol. The van der Waals surface area contributed by atoms with Gasteiger partial charge in [0.1, 0.15) is 5.75 Å². The van der Waals surface area contributed by atoms with Crippen LogP contribution in [-0.2, 0) is 9.59 Å². The number of carbonyl (C=O) groups is 2. The van der Waals surface area contributed by atoms with E-state index in [4.69, 9.17) is 9.84 Å². The third kappa shape index (κ3) is 5.13. The fourth-order valence-electron chi connectivity index (χ4n) is 2.62. The van der Waals surface area contributed by atoms with E-state index in [1.807, 2.05) is 38.1 Å². The van der Waals surface area contributed by atoms with Crippen molar-refractivity contribution in [3.05, 3.63) is 35.9 Å². The molecule has 0 aliphatic carbocycles. The van der Waals surface area contributed by atoms with Gasteiger partial charge in [0.15, 0.2) is 0 Å². The number of carbonyl (C=O) groups excluding carboxylic acids is 1. The van der Waals surface area contributed by atoms with Crippen LogP contribution in [0.1, 0.15) is 32.3 Å². The van der Waals surface area contributed by atoms with Gasteiger partial charge in [-0.3, -0.25) is 9.59 Å². The largest absolute Gasteiger partial charge is 0.491 e. The Labute approximate surface area is 136 Å². The third-order valence-electron chi connectivity index (χ3n) is 3.73. The van der Waals surface area contributed by atoms with Gasteiger partial charge in [0.2, 0.25) is 5.91 Å². The fraction of sp³-hybridized carbons (Fsp3) is 0.444. The molecule has 0 aromatic heterocycles. The molecule has 1 N–H and O–H groups in total. The smallest absolute Gasteiger partial charge is 0.308 e. The summed E-state index contributed by atoms with van der Waals surface area (Å²) in [5.41, 5.74) is 0.878. The molecule has 5 heteroatoms. The standard InChI is InChI=1S/C18H23NO4/c1-13(2)23-16-7-3-5-14(11-16)8-9-17(20)19-10-4-6-15(12-19)18(21)22/h3,5,7-9,11,13,15H,4,6,10,12H2,1-2H3,(H,21,22)/b9-8+. The molecule has 0 spiro atoms. The second kappa shape index (κ2) is 7.81. The van der Waals surface area contributed by atoms with Crippen molar-refractivity contribution in [2.45, 2.75) is 32.8 Å². The molecular formula is C18H23NO4. The summed E-state index contributed by atoms with van der Waals surface area (Å²) in [6.45, 7) is 4.82. The maximum atomic E-state index is 12.2. The van der Waals surface area contributed by atoms with Gasteiger partial charge in [-0.25, -0.2) is 0 Å². The van der Waals surface area contributed by atoms with Crippen LogP contribution in [0.25, 0.3) is 6.08 Å². The minimum Gasteiger partial charge on any atom is -0.491 e. The van der Waals surface area contributed by atoms with Crippen LogP contribution in [-0.4, -0.2) is 41.1 Å². The molecule has 1 heterocycles. The molecule has 0 saturated carbocycles. The van der Waals surface area contributed by atoms with Crippen LogP contribution in [0.4, 0.5) is 0 Å². The van der Waals surface area contributed by atoms with Crippen molar-refractivity contribution in [3.8, 4) is 5.75 Å². The minimum absolute atomic E-state index is 0.0946. The van der Waals surface area contributed by atoms with E-state index in [9.17, 15) is 9.59 Å². The molecule has 1 aromatic carbocycles. The van der Waals surface area contributed by atoms with E-state index in [1.165, 1.54) is 6.08 Å². The van der Waals surface area contributed by atoms with Crippen LogP contribution in [0.2, 0.25) is 0 Å². The number of ether oxygens (including phenoxy) is 1. The number of amides is 1. The Morgan fingerprint density at radius 2 is 2.17 bits per heavy atom. The van der Waals surface area contributed by atoms with E-state index in [1.54, 1.807) is 11.0 Å². The monoisotopic (exact) mass is 317 g/mol. The van der Waals surface area contributed by atoms with Crippen LogP contribution in [0, 0.1) is 5.92 Å². The predicted octanol–water partition coefficient (Wildman–Crippen LogP) is 2.81. The molecule has 124 valence electrons. The Kier molecular flexibility index (Phi) is 5.79. The first-order chi connectivity index (χ1) is 11.0. The highest BCUT2D eigenvalue weighted by Crippen LogP contribution is 2.18. The van der Waals surface area contributed by atoms with Crippen molar-refractivity contribution in [2.24, 2.45) is 5.92 Å². The number of piperidine rings is 1. The van der Waals surface area contributed by atoms with E-state index < -0.39 is 11.9 Å². The van der Waals surface area contributed by atoms with Crippen molar-refractivity contribution < 1.29 is 19.4 Å². The van der Waals surface area contributed by atoms with E-state index >= 15 is 0 Å². The summed E-state index contributed by atoms with van der Waals surface area (Å²) < 4.78 is 5.62. The summed E-state index contributed by atoms with van der Waals surface area (Å²) in [4.78, 5) is 24.9. The van der Waals surface area contributed by atoms with Gasteiger partial charge in [0, 0.05) is 19.2 Å². The average molecular weight is 317 g/mol.